The fraction of sp³-hybridized carbons (Fsp3) is 0.625. The summed E-state index contributed by atoms with van der Waals surface area (Å²) in [6, 6.07) is 0. The molecule has 2 N–H and O–H groups in total. The molecule has 0 aliphatic carbocycles. The highest BCUT2D eigenvalue weighted by Crippen LogP contribution is 2.20. The van der Waals surface area contributed by atoms with Gasteiger partial charge in [0.15, 0.2) is 0 Å². The zero-order chi connectivity index (χ0) is 8.43. The first-order chi connectivity index (χ1) is 5.16. The minimum Gasteiger partial charge on any atom is -0.396 e. The highest BCUT2D eigenvalue weighted by molar-refractivity contribution is 5.42. The fourth-order valence-electron chi connectivity index (χ4n) is 1.29. The molecule has 62 valence electrons. The van der Waals surface area contributed by atoms with Crippen LogP contribution in [0.1, 0.15) is 32.4 Å². The van der Waals surface area contributed by atoms with Crippen molar-refractivity contribution in [1.29, 1.82) is 0 Å². The Labute approximate surface area is 67.2 Å². The first kappa shape index (κ1) is 8.11. The molecule has 1 aromatic rings. The summed E-state index contributed by atoms with van der Waals surface area (Å²) >= 11 is 0. The molecular formula is C8H15N3. The summed E-state index contributed by atoms with van der Waals surface area (Å²) in [5.74, 6) is 0.456. The Morgan fingerprint density at radius 1 is 1.64 bits per heavy atom. The number of aromatic nitrogens is 2. The molecule has 0 aliphatic heterocycles. The molecule has 0 saturated carbocycles. The number of aryl methyl sites for hydroxylation is 1. The summed E-state index contributed by atoms with van der Waals surface area (Å²) < 4.78 is 1.94. The van der Waals surface area contributed by atoms with Crippen molar-refractivity contribution >= 4 is 5.69 Å². The molecule has 0 aromatic carbocycles. The van der Waals surface area contributed by atoms with E-state index < -0.39 is 0 Å². The van der Waals surface area contributed by atoms with Gasteiger partial charge in [0.1, 0.15) is 0 Å². The molecular weight excluding hydrogens is 138 g/mol. The van der Waals surface area contributed by atoms with Crippen LogP contribution < -0.4 is 5.73 Å². The lowest BCUT2D eigenvalue weighted by atomic mass is 10.1. The Morgan fingerprint density at radius 2 is 2.27 bits per heavy atom. The van der Waals surface area contributed by atoms with E-state index in [0.29, 0.717) is 5.92 Å². The van der Waals surface area contributed by atoms with Crippen LogP contribution in [0, 0.1) is 0 Å². The van der Waals surface area contributed by atoms with E-state index in [9.17, 15) is 0 Å². The predicted octanol–water partition coefficient (Wildman–Crippen LogP) is 1.61. The van der Waals surface area contributed by atoms with Crippen LogP contribution in [0.5, 0.6) is 0 Å². The average molecular weight is 153 g/mol. The summed E-state index contributed by atoms with van der Waals surface area (Å²) in [5, 5.41) is 4.15. The van der Waals surface area contributed by atoms with E-state index in [1.807, 2.05) is 4.68 Å². The molecule has 1 heterocycles. The van der Waals surface area contributed by atoms with E-state index in [0.717, 1.165) is 17.9 Å². The van der Waals surface area contributed by atoms with Crippen LogP contribution in [0.4, 0.5) is 5.69 Å². The number of anilines is 1. The number of hydrogen-bond acceptors (Lipinski definition) is 2. The van der Waals surface area contributed by atoms with Crippen LogP contribution in [-0.4, -0.2) is 9.78 Å². The lowest BCUT2D eigenvalue weighted by Crippen LogP contribution is -2.05. The third kappa shape index (κ3) is 1.37. The van der Waals surface area contributed by atoms with Crippen LogP contribution in [0.15, 0.2) is 6.20 Å². The van der Waals surface area contributed by atoms with Crippen LogP contribution in [0.2, 0.25) is 0 Å². The van der Waals surface area contributed by atoms with Gasteiger partial charge >= 0.3 is 0 Å². The maximum absolute atomic E-state index is 5.73. The van der Waals surface area contributed by atoms with Gasteiger partial charge in [0, 0.05) is 6.54 Å². The van der Waals surface area contributed by atoms with E-state index in [-0.39, 0.29) is 0 Å². The number of rotatable bonds is 2. The molecule has 11 heavy (non-hydrogen) atoms. The Hall–Kier alpha value is -0.990. The Kier molecular flexibility index (Phi) is 2.17. The monoisotopic (exact) mass is 153 g/mol. The number of nitrogen functional groups attached to an aromatic ring is 1. The number of hydrogen-bond donors (Lipinski definition) is 1. The minimum atomic E-state index is 0.456. The third-order valence-corrected chi connectivity index (χ3v) is 1.76. The zero-order valence-electron chi connectivity index (χ0n) is 7.33. The average Bonchev–Trinajstić information content (AvgIpc) is 2.30. The van der Waals surface area contributed by atoms with Crippen molar-refractivity contribution in [3.63, 3.8) is 0 Å². The van der Waals surface area contributed by atoms with E-state index in [4.69, 9.17) is 5.73 Å². The maximum Gasteiger partial charge on any atom is 0.0735 e. The Balaban J connectivity index is 3.07. The number of nitrogens with two attached hydrogens (primary N) is 1. The molecule has 0 radical (unpaired) electrons. The fourth-order valence-corrected chi connectivity index (χ4v) is 1.29. The first-order valence-corrected chi connectivity index (χ1v) is 3.98. The van der Waals surface area contributed by atoms with Gasteiger partial charge in [-0.2, -0.15) is 5.10 Å². The topological polar surface area (TPSA) is 43.8 Å². The molecule has 0 spiro atoms. The Bertz CT molecular complexity index is 237. The summed E-state index contributed by atoms with van der Waals surface area (Å²) in [4.78, 5) is 0. The van der Waals surface area contributed by atoms with Crippen LogP contribution >= 0.6 is 0 Å². The molecule has 0 atom stereocenters. The highest BCUT2D eigenvalue weighted by Gasteiger charge is 2.09. The summed E-state index contributed by atoms with van der Waals surface area (Å²) in [5.41, 5.74) is 7.69. The molecule has 0 unspecified atom stereocenters. The van der Waals surface area contributed by atoms with Crippen LogP contribution in [-0.2, 0) is 6.54 Å². The van der Waals surface area contributed by atoms with Crippen molar-refractivity contribution in [1.82, 2.24) is 9.78 Å². The number of nitrogens with zero attached hydrogens (tertiary/aromatic N) is 2. The van der Waals surface area contributed by atoms with Crippen molar-refractivity contribution in [3.8, 4) is 0 Å². The quantitative estimate of drug-likeness (QED) is 0.701. The molecule has 0 bridgehead atoms. The molecule has 0 saturated heterocycles. The van der Waals surface area contributed by atoms with Gasteiger partial charge in [-0.3, -0.25) is 4.68 Å². The van der Waals surface area contributed by atoms with E-state index in [2.05, 4.69) is 25.9 Å². The van der Waals surface area contributed by atoms with Gasteiger partial charge in [0.2, 0.25) is 0 Å². The van der Waals surface area contributed by atoms with Crippen molar-refractivity contribution in [2.45, 2.75) is 33.2 Å². The van der Waals surface area contributed by atoms with Gasteiger partial charge in [0.25, 0.3) is 0 Å². The molecule has 0 amide bonds. The molecule has 1 aromatic heterocycles. The summed E-state index contributed by atoms with van der Waals surface area (Å²) in [6.07, 6.45) is 1.72. The lowest BCUT2D eigenvalue weighted by molar-refractivity contribution is 0.599. The molecule has 0 fully saturated rings. The Morgan fingerprint density at radius 3 is 2.64 bits per heavy atom. The van der Waals surface area contributed by atoms with Gasteiger partial charge < -0.3 is 5.73 Å². The van der Waals surface area contributed by atoms with Crippen molar-refractivity contribution in [3.05, 3.63) is 11.9 Å². The predicted molar refractivity (Wildman–Crippen MR) is 46.4 cm³/mol. The van der Waals surface area contributed by atoms with E-state index in [1.165, 1.54) is 0 Å². The summed E-state index contributed by atoms with van der Waals surface area (Å²) in [7, 11) is 0. The molecule has 3 heteroatoms. The van der Waals surface area contributed by atoms with Gasteiger partial charge in [-0.25, -0.2) is 0 Å². The van der Waals surface area contributed by atoms with Gasteiger partial charge in [-0.05, 0) is 12.8 Å². The SMILES string of the molecule is CCn1ncc(N)c1C(C)C. The normalized spacial score (nSPS) is 10.9. The second-order valence-corrected chi connectivity index (χ2v) is 2.96. The van der Waals surface area contributed by atoms with Gasteiger partial charge in [-0.15, -0.1) is 0 Å². The van der Waals surface area contributed by atoms with Crippen molar-refractivity contribution in [2.24, 2.45) is 0 Å². The largest absolute Gasteiger partial charge is 0.396 e. The second-order valence-electron chi connectivity index (χ2n) is 2.96. The van der Waals surface area contributed by atoms with Crippen LogP contribution in [0.3, 0.4) is 0 Å². The van der Waals surface area contributed by atoms with Crippen molar-refractivity contribution in [2.75, 3.05) is 5.73 Å². The maximum atomic E-state index is 5.73. The third-order valence-electron chi connectivity index (χ3n) is 1.76. The molecule has 3 nitrogen and oxygen atoms in total. The van der Waals surface area contributed by atoms with Gasteiger partial charge in [0.05, 0.1) is 17.6 Å². The van der Waals surface area contributed by atoms with Gasteiger partial charge in [-0.1, -0.05) is 13.8 Å². The first-order valence-electron chi connectivity index (χ1n) is 3.98. The second kappa shape index (κ2) is 2.95. The minimum absolute atomic E-state index is 0.456. The standard InChI is InChI=1S/C8H15N3/c1-4-11-8(6(2)3)7(9)5-10-11/h5-6H,4,9H2,1-3H3. The molecule has 1 rings (SSSR count). The highest BCUT2D eigenvalue weighted by atomic mass is 15.3. The lowest BCUT2D eigenvalue weighted by Gasteiger charge is -2.08. The smallest absolute Gasteiger partial charge is 0.0735 e. The van der Waals surface area contributed by atoms with E-state index >= 15 is 0 Å². The van der Waals surface area contributed by atoms with Crippen LogP contribution in [0.25, 0.3) is 0 Å². The van der Waals surface area contributed by atoms with Crippen molar-refractivity contribution < 1.29 is 0 Å². The van der Waals surface area contributed by atoms with E-state index in [1.54, 1.807) is 6.20 Å². The molecule has 0 aliphatic rings. The summed E-state index contributed by atoms with van der Waals surface area (Å²) in [6.45, 7) is 7.21. The zero-order valence-corrected chi connectivity index (χ0v) is 7.33.